The van der Waals surface area contributed by atoms with Gasteiger partial charge in [0.05, 0.1) is 0 Å². The summed E-state index contributed by atoms with van der Waals surface area (Å²) in [6.45, 7) is 16.1. The molecule has 0 saturated heterocycles. The second kappa shape index (κ2) is 4.57. The second-order valence-corrected chi connectivity index (χ2v) is 5.75. The highest BCUT2D eigenvalue weighted by Gasteiger charge is 2.31. The lowest BCUT2D eigenvalue weighted by Crippen LogP contribution is -2.04. The molecule has 0 bridgehead atoms. The molecule has 0 aliphatic heterocycles. The highest BCUT2D eigenvalue weighted by Crippen LogP contribution is 2.49. The number of hydrogen-bond acceptors (Lipinski definition) is 0. The maximum Gasteiger partial charge on any atom is 0.00602 e. The van der Waals surface area contributed by atoms with E-state index in [1.54, 1.807) is 22.3 Å². The molecule has 18 heavy (non-hydrogen) atoms. The molecule has 0 saturated carbocycles. The predicted molar refractivity (Wildman–Crippen MR) is 81.3 cm³/mol. The van der Waals surface area contributed by atoms with E-state index in [9.17, 15) is 0 Å². The summed E-state index contributed by atoms with van der Waals surface area (Å²) in [4.78, 5) is 0. The van der Waals surface area contributed by atoms with Crippen LogP contribution in [0.25, 0.3) is 5.57 Å². The number of hydrogen-bond donors (Lipinski definition) is 0. The smallest absolute Gasteiger partial charge is 0.00602 e. The van der Waals surface area contributed by atoms with Crippen LogP contribution in [0.3, 0.4) is 0 Å². The zero-order valence-corrected chi connectivity index (χ0v) is 13.0. The SMILES string of the molecule is CCC1=C(C)c2c(C)c(C)c(C)c(C)c2C1CC. The van der Waals surface area contributed by atoms with Crippen molar-refractivity contribution in [1.29, 1.82) is 0 Å². The third-order valence-electron chi connectivity index (χ3n) is 5.15. The Kier molecular flexibility index (Phi) is 3.40. The molecular formula is C18H26. The Bertz CT molecular complexity index is 530. The molecule has 0 radical (unpaired) electrons. The third-order valence-corrected chi connectivity index (χ3v) is 5.15. The van der Waals surface area contributed by atoms with Crippen LogP contribution < -0.4 is 0 Å². The van der Waals surface area contributed by atoms with Gasteiger partial charge in [-0.25, -0.2) is 0 Å². The van der Waals surface area contributed by atoms with E-state index in [2.05, 4.69) is 48.5 Å². The Hall–Kier alpha value is -1.04. The van der Waals surface area contributed by atoms with Crippen molar-refractivity contribution >= 4 is 5.57 Å². The molecule has 0 aromatic heterocycles. The molecule has 0 heterocycles. The lowest BCUT2D eigenvalue weighted by Gasteiger charge is -2.20. The summed E-state index contributed by atoms with van der Waals surface area (Å²) in [5, 5.41) is 0. The van der Waals surface area contributed by atoms with E-state index in [0.717, 1.165) is 0 Å². The maximum atomic E-state index is 2.33. The number of rotatable bonds is 2. The summed E-state index contributed by atoms with van der Waals surface area (Å²) in [7, 11) is 0. The van der Waals surface area contributed by atoms with Crippen LogP contribution in [0.4, 0.5) is 0 Å². The van der Waals surface area contributed by atoms with Gasteiger partial charge in [0.2, 0.25) is 0 Å². The van der Waals surface area contributed by atoms with Crippen molar-refractivity contribution in [2.45, 2.75) is 67.2 Å². The first-order valence-corrected chi connectivity index (χ1v) is 7.25. The average molecular weight is 242 g/mol. The summed E-state index contributed by atoms with van der Waals surface area (Å²) in [5.41, 5.74) is 12.4. The summed E-state index contributed by atoms with van der Waals surface area (Å²) in [6, 6.07) is 0. The standard InChI is InChI=1S/C18H26/c1-8-15-14(7)17-12(5)10(3)11(4)13(6)18(17)16(15)9-2/h16H,8-9H2,1-7H3. The van der Waals surface area contributed by atoms with Crippen molar-refractivity contribution in [2.24, 2.45) is 0 Å². The highest BCUT2D eigenvalue weighted by molar-refractivity contribution is 5.81. The van der Waals surface area contributed by atoms with Crippen LogP contribution in [0.2, 0.25) is 0 Å². The van der Waals surface area contributed by atoms with Crippen LogP contribution in [0.15, 0.2) is 5.57 Å². The van der Waals surface area contributed by atoms with Crippen molar-refractivity contribution in [3.63, 3.8) is 0 Å². The first-order chi connectivity index (χ1) is 8.45. The fourth-order valence-corrected chi connectivity index (χ4v) is 3.82. The molecule has 0 fully saturated rings. The number of benzene rings is 1. The van der Waals surface area contributed by atoms with Crippen LogP contribution >= 0.6 is 0 Å². The molecule has 98 valence electrons. The van der Waals surface area contributed by atoms with Crippen LogP contribution in [0.1, 0.15) is 72.9 Å². The van der Waals surface area contributed by atoms with Crippen molar-refractivity contribution in [1.82, 2.24) is 0 Å². The fourth-order valence-electron chi connectivity index (χ4n) is 3.82. The highest BCUT2D eigenvalue weighted by atomic mass is 14.3. The summed E-state index contributed by atoms with van der Waals surface area (Å²) < 4.78 is 0. The molecule has 0 amide bonds. The largest absolute Gasteiger partial charge is 0.0645 e. The minimum Gasteiger partial charge on any atom is -0.0645 e. The van der Waals surface area contributed by atoms with Crippen molar-refractivity contribution in [2.75, 3.05) is 0 Å². The zero-order chi connectivity index (χ0) is 13.6. The first-order valence-electron chi connectivity index (χ1n) is 7.25. The molecule has 1 aromatic rings. The lowest BCUT2D eigenvalue weighted by molar-refractivity contribution is 0.740. The number of allylic oxidation sites excluding steroid dienone is 2. The van der Waals surface area contributed by atoms with E-state index in [-0.39, 0.29) is 0 Å². The van der Waals surface area contributed by atoms with Crippen molar-refractivity contribution in [3.05, 3.63) is 39.0 Å². The molecular weight excluding hydrogens is 216 g/mol. The molecule has 1 unspecified atom stereocenters. The van der Waals surface area contributed by atoms with E-state index in [1.165, 1.54) is 35.1 Å². The topological polar surface area (TPSA) is 0 Å². The summed E-state index contributed by atoms with van der Waals surface area (Å²) in [6.07, 6.45) is 2.42. The Morgan fingerprint density at radius 3 is 1.83 bits per heavy atom. The van der Waals surface area contributed by atoms with E-state index >= 15 is 0 Å². The molecule has 1 aromatic carbocycles. The maximum absolute atomic E-state index is 2.33. The quantitative estimate of drug-likeness (QED) is 0.632. The number of fused-ring (bicyclic) bond motifs is 1. The molecule has 2 rings (SSSR count). The van der Waals surface area contributed by atoms with Crippen LogP contribution in [0, 0.1) is 27.7 Å². The van der Waals surface area contributed by atoms with Crippen LogP contribution in [-0.4, -0.2) is 0 Å². The van der Waals surface area contributed by atoms with Gasteiger partial charge in [0.15, 0.2) is 0 Å². The van der Waals surface area contributed by atoms with Gasteiger partial charge in [-0.05, 0) is 86.4 Å². The molecule has 0 N–H and O–H groups in total. The molecule has 1 aliphatic carbocycles. The molecule has 1 aliphatic rings. The van der Waals surface area contributed by atoms with E-state index in [1.807, 2.05) is 0 Å². The molecule has 1 atom stereocenters. The average Bonchev–Trinajstić information content (AvgIpc) is 2.65. The van der Waals surface area contributed by atoms with E-state index in [0.29, 0.717) is 5.92 Å². The van der Waals surface area contributed by atoms with Gasteiger partial charge >= 0.3 is 0 Å². The zero-order valence-electron chi connectivity index (χ0n) is 13.0. The van der Waals surface area contributed by atoms with E-state index < -0.39 is 0 Å². The fraction of sp³-hybridized carbons (Fsp3) is 0.556. The van der Waals surface area contributed by atoms with Crippen molar-refractivity contribution in [3.8, 4) is 0 Å². The molecule has 0 heteroatoms. The monoisotopic (exact) mass is 242 g/mol. The van der Waals surface area contributed by atoms with Gasteiger partial charge in [-0.15, -0.1) is 0 Å². The van der Waals surface area contributed by atoms with Gasteiger partial charge in [0.25, 0.3) is 0 Å². The minimum absolute atomic E-state index is 0.669. The van der Waals surface area contributed by atoms with Crippen LogP contribution in [-0.2, 0) is 0 Å². The molecule has 0 nitrogen and oxygen atoms in total. The van der Waals surface area contributed by atoms with Crippen LogP contribution in [0.5, 0.6) is 0 Å². The third kappa shape index (κ3) is 1.58. The first kappa shape index (κ1) is 13.4. The van der Waals surface area contributed by atoms with E-state index in [4.69, 9.17) is 0 Å². The summed E-state index contributed by atoms with van der Waals surface area (Å²) >= 11 is 0. The Morgan fingerprint density at radius 2 is 1.33 bits per heavy atom. The Labute approximate surface area is 112 Å². The Balaban J connectivity index is 2.83. The predicted octanol–water partition coefficient (Wildman–Crippen LogP) is 5.61. The lowest BCUT2D eigenvalue weighted by atomic mass is 9.84. The van der Waals surface area contributed by atoms with Gasteiger partial charge < -0.3 is 0 Å². The minimum atomic E-state index is 0.669. The van der Waals surface area contributed by atoms with Gasteiger partial charge in [-0.3, -0.25) is 0 Å². The second-order valence-electron chi connectivity index (χ2n) is 5.75. The Morgan fingerprint density at radius 1 is 0.778 bits per heavy atom. The van der Waals surface area contributed by atoms with Gasteiger partial charge in [0.1, 0.15) is 0 Å². The van der Waals surface area contributed by atoms with Gasteiger partial charge in [-0.2, -0.15) is 0 Å². The van der Waals surface area contributed by atoms with Gasteiger partial charge in [-0.1, -0.05) is 19.4 Å². The normalized spacial score (nSPS) is 18.5. The van der Waals surface area contributed by atoms with Crippen molar-refractivity contribution < 1.29 is 0 Å². The summed E-state index contributed by atoms with van der Waals surface area (Å²) in [5.74, 6) is 0.669. The molecule has 0 spiro atoms. The van der Waals surface area contributed by atoms with Gasteiger partial charge in [0, 0.05) is 5.92 Å².